The van der Waals surface area contributed by atoms with E-state index in [0.29, 0.717) is 0 Å². The van der Waals surface area contributed by atoms with E-state index in [1.165, 1.54) is 12.8 Å². The maximum Gasteiger partial charge on any atom is 0.128 e. The summed E-state index contributed by atoms with van der Waals surface area (Å²) in [7, 11) is 1.70. The number of rotatable bonds is 7. The molecule has 0 spiro atoms. The Morgan fingerprint density at radius 1 is 1.44 bits per heavy atom. The minimum Gasteiger partial charge on any atom is -0.496 e. The van der Waals surface area contributed by atoms with Gasteiger partial charge in [-0.1, -0.05) is 19.8 Å². The van der Waals surface area contributed by atoms with Gasteiger partial charge in [0.2, 0.25) is 0 Å². The molecule has 0 saturated heterocycles. The molecule has 0 fully saturated rings. The Kier molecular flexibility index (Phi) is 6.09. The number of hydrogen-bond acceptors (Lipinski definition) is 4. The summed E-state index contributed by atoms with van der Waals surface area (Å²) in [6, 6.07) is 0.281. The monoisotopic (exact) mass is 251 g/mol. The number of nitrogens with one attached hydrogen (secondary N) is 1. The van der Waals surface area contributed by atoms with Crippen LogP contribution in [0, 0.1) is 13.8 Å². The molecule has 18 heavy (non-hydrogen) atoms. The highest BCUT2D eigenvalue weighted by atomic mass is 16.5. The van der Waals surface area contributed by atoms with E-state index in [-0.39, 0.29) is 6.04 Å². The molecule has 1 atom stereocenters. The number of ether oxygens (including phenoxy) is 1. The van der Waals surface area contributed by atoms with Crippen LogP contribution in [-0.2, 0) is 6.42 Å². The third-order valence-corrected chi connectivity index (χ3v) is 3.33. The number of aryl methyl sites for hydroxylation is 1. The molecule has 0 aromatic carbocycles. The van der Waals surface area contributed by atoms with Crippen LogP contribution in [0.15, 0.2) is 6.20 Å². The van der Waals surface area contributed by atoms with Crippen molar-refractivity contribution in [1.29, 1.82) is 0 Å². The van der Waals surface area contributed by atoms with Crippen LogP contribution in [0.5, 0.6) is 5.75 Å². The first-order chi connectivity index (χ1) is 8.63. The van der Waals surface area contributed by atoms with Gasteiger partial charge in [0.15, 0.2) is 0 Å². The molecule has 1 aromatic heterocycles. The summed E-state index contributed by atoms with van der Waals surface area (Å²) in [6.07, 6.45) is 6.15. The van der Waals surface area contributed by atoms with Gasteiger partial charge >= 0.3 is 0 Å². The lowest BCUT2D eigenvalue weighted by Gasteiger charge is -2.18. The van der Waals surface area contributed by atoms with Crippen molar-refractivity contribution in [3.63, 3.8) is 0 Å². The predicted octanol–water partition coefficient (Wildman–Crippen LogP) is 2.27. The number of hydrazine groups is 1. The second kappa shape index (κ2) is 7.34. The van der Waals surface area contributed by atoms with Gasteiger partial charge in [0, 0.05) is 35.5 Å². The van der Waals surface area contributed by atoms with Gasteiger partial charge < -0.3 is 4.74 Å². The molecule has 0 amide bonds. The van der Waals surface area contributed by atoms with Gasteiger partial charge in [0.05, 0.1) is 7.11 Å². The third-order valence-electron chi connectivity index (χ3n) is 3.33. The number of hydrogen-bond donors (Lipinski definition) is 2. The molecule has 1 aromatic rings. The van der Waals surface area contributed by atoms with E-state index < -0.39 is 0 Å². The van der Waals surface area contributed by atoms with Crippen LogP contribution in [0.25, 0.3) is 0 Å². The predicted molar refractivity (Wildman–Crippen MR) is 74.6 cm³/mol. The number of methoxy groups -OCH3 is 1. The molecular formula is C14H25N3O. The van der Waals surface area contributed by atoms with Gasteiger partial charge in [-0.15, -0.1) is 0 Å². The normalized spacial score (nSPS) is 12.5. The van der Waals surface area contributed by atoms with Gasteiger partial charge in [-0.3, -0.25) is 16.3 Å². The summed E-state index contributed by atoms with van der Waals surface area (Å²) >= 11 is 0. The molecule has 1 unspecified atom stereocenters. The molecule has 0 bridgehead atoms. The second-order valence-corrected chi connectivity index (χ2v) is 4.76. The van der Waals surface area contributed by atoms with E-state index in [0.717, 1.165) is 35.4 Å². The lowest BCUT2D eigenvalue weighted by Crippen LogP contribution is -2.37. The van der Waals surface area contributed by atoms with Gasteiger partial charge in [0.1, 0.15) is 5.75 Å². The fourth-order valence-electron chi connectivity index (χ4n) is 2.21. The Balaban J connectivity index is 2.83. The lowest BCUT2D eigenvalue weighted by atomic mass is 10.0. The smallest absolute Gasteiger partial charge is 0.128 e. The zero-order chi connectivity index (χ0) is 13.5. The fraction of sp³-hybridized carbons (Fsp3) is 0.643. The largest absolute Gasteiger partial charge is 0.496 e. The number of pyridine rings is 1. The van der Waals surface area contributed by atoms with E-state index >= 15 is 0 Å². The topological polar surface area (TPSA) is 60.2 Å². The molecule has 0 aliphatic heterocycles. The van der Waals surface area contributed by atoms with Crippen molar-refractivity contribution in [3.05, 3.63) is 23.0 Å². The summed E-state index contributed by atoms with van der Waals surface area (Å²) in [6.45, 7) is 6.26. The fourth-order valence-corrected chi connectivity index (χ4v) is 2.21. The average Bonchev–Trinajstić information content (AvgIpc) is 2.37. The van der Waals surface area contributed by atoms with Gasteiger partial charge in [0.25, 0.3) is 0 Å². The number of unbranched alkanes of at least 4 members (excludes halogenated alkanes) is 1. The number of nitrogens with zero attached hydrogens (tertiary/aromatic N) is 1. The van der Waals surface area contributed by atoms with Crippen molar-refractivity contribution in [2.24, 2.45) is 5.84 Å². The van der Waals surface area contributed by atoms with Crippen molar-refractivity contribution in [2.75, 3.05) is 7.11 Å². The average molecular weight is 251 g/mol. The van der Waals surface area contributed by atoms with Crippen LogP contribution in [-0.4, -0.2) is 18.1 Å². The first kappa shape index (κ1) is 14.9. The molecule has 4 heteroatoms. The zero-order valence-electron chi connectivity index (χ0n) is 11.9. The first-order valence-corrected chi connectivity index (χ1v) is 6.59. The number of aromatic nitrogens is 1. The van der Waals surface area contributed by atoms with Crippen molar-refractivity contribution in [3.8, 4) is 5.75 Å². The highest BCUT2D eigenvalue weighted by Crippen LogP contribution is 2.25. The van der Waals surface area contributed by atoms with Crippen LogP contribution in [0.3, 0.4) is 0 Å². The maximum atomic E-state index is 5.60. The molecule has 0 saturated carbocycles. The van der Waals surface area contributed by atoms with E-state index in [9.17, 15) is 0 Å². The minimum atomic E-state index is 0.281. The Hall–Kier alpha value is -1.13. The molecular weight excluding hydrogens is 226 g/mol. The molecule has 0 radical (unpaired) electrons. The molecule has 1 rings (SSSR count). The maximum absolute atomic E-state index is 5.60. The Labute approximate surface area is 110 Å². The summed E-state index contributed by atoms with van der Waals surface area (Å²) in [5, 5.41) is 0. The van der Waals surface area contributed by atoms with Crippen LogP contribution in [0.4, 0.5) is 0 Å². The minimum absolute atomic E-state index is 0.281. The molecule has 102 valence electrons. The quantitative estimate of drug-likeness (QED) is 0.576. The van der Waals surface area contributed by atoms with Crippen molar-refractivity contribution in [2.45, 2.75) is 52.5 Å². The zero-order valence-corrected chi connectivity index (χ0v) is 11.9. The summed E-state index contributed by atoms with van der Waals surface area (Å²) < 4.78 is 5.42. The SMILES string of the molecule is CCCCC(Cc1ncc(C)c(OC)c1C)NN. The van der Waals surface area contributed by atoms with Gasteiger partial charge in [-0.25, -0.2) is 0 Å². The first-order valence-electron chi connectivity index (χ1n) is 6.59. The Morgan fingerprint density at radius 2 is 2.17 bits per heavy atom. The van der Waals surface area contributed by atoms with E-state index in [1.807, 2.05) is 13.1 Å². The van der Waals surface area contributed by atoms with Gasteiger partial charge in [-0.05, 0) is 20.3 Å². The number of nitrogens with two attached hydrogens (primary N) is 1. The van der Waals surface area contributed by atoms with E-state index in [2.05, 4.69) is 24.3 Å². The van der Waals surface area contributed by atoms with Crippen LogP contribution in [0.2, 0.25) is 0 Å². The third kappa shape index (κ3) is 3.68. The van der Waals surface area contributed by atoms with E-state index in [1.54, 1.807) is 7.11 Å². The van der Waals surface area contributed by atoms with Crippen molar-refractivity contribution < 1.29 is 4.74 Å². The van der Waals surface area contributed by atoms with Crippen LogP contribution >= 0.6 is 0 Å². The standard InChI is InChI=1S/C14H25N3O/c1-5-6-7-12(17-15)8-13-11(3)14(18-4)10(2)9-16-13/h9,12,17H,5-8,15H2,1-4H3. The molecule has 0 aliphatic carbocycles. The van der Waals surface area contributed by atoms with Crippen LogP contribution < -0.4 is 16.0 Å². The summed E-state index contributed by atoms with van der Waals surface area (Å²) in [5.41, 5.74) is 6.14. The molecule has 0 aliphatic rings. The highest BCUT2D eigenvalue weighted by Gasteiger charge is 2.14. The Bertz CT molecular complexity index is 380. The van der Waals surface area contributed by atoms with Crippen LogP contribution in [0.1, 0.15) is 43.0 Å². The van der Waals surface area contributed by atoms with E-state index in [4.69, 9.17) is 10.6 Å². The molecule has 4 nitrogen and oxygen atoms in total. The Morgan fingerprint density at radius 3 is 2.72 bits per heavy atom. The molecule has 3 N–H and O–H groups in total. The lowest BCUT2D eigenvalue weighted by molar-refractivity contribution is 0.405. The second-order valence-electron chi connectivity index (χ2n) is 4.76. The summed E-state index contributed by atoms with van der Waals surface area (Å²) in [4.78, 5) is 4.51. The summed E-state index contributed by atoms with van der Waals surface area (Å²) in [5.74, 6) is 6.54. The highest BCUT2D eigenvalue weighted by molar-refractivity contribution is 5.41. The van der Waals surface area contributed by atoms with Crippen molar-refractivity contribution in [1.82, 2.24) is 10.4 Å². The van der Waals surface area contributed by atoms with Crippen molar-refractivity contribution >= 4 is 0 Å². The van der Waals surface area contributed by atoms with Gasteiger partial charge in [-0.2, -0.15) is 0 Å². The molecule has 1 heterocycles.